The molecule has 0 radical (unpaired) electrons. The molecule has 1 unspecified atom stereocenters. The average Bonchev–Trinajstić information content (AvgIpc) is 2.26. The average molecular weight is 289 g/mol. The molecule has 0 aliphatic carbocycles. The van der Waals surface area contributed by atoms with Gasteiger partial charge in [-0.1, -0.05) is 88.0 Å². The van der Waals surface area contributed by atoms with Crippen molar-refractivity contribution in [2.45, 2.75) is 44.8 Å². The van der Waals surface area contributed by atoms with Crippen molar-refractivity contribution in [3.63, 3.8) is 0 Å². The number of hydrogen-bond donors (Lipinski definition) is 0. The van der Waals surface area contributed by atoms with E-state index < -0.39 is 16.1 Å². The molecule has 0 N–H and O–H groups in total. The predicted octanol–water partition coefficient (Wildman–Crippen LogP) is 5.72. The lowest BCUT2D eigenvalue weighted by Crippen LogP contribution is -2.30. The number of benzene rings is 1. The summed E-state index contributed by atoms with van der Waals surface area (Å²) in [6.07, 6.45) is 4.40. The van der Waals surface area contributed by atoms with Gasteiger partial charge in [-0.2, -0.15) is 0 Å². The molecule has 19 heavy (non-hydrogen) atoms. The van der Waals surface area contributed by atoms with Crippen LogP contribution in [-0.4, -0.2) is 16.1 Å². The summed E-state index contributed by atoms with van der Waals surface area (Å²) in [6, 6.07) is 8.90. The topological polar surface area (TPSA) is 0 Å². The van der Waals surface area contributed by atoms with E-state index in [0.29, 0.717) is 5.54 Å². The maximum atomic E-state index is 3.82. The van der Waals surface area contributed by atoms with E-state index in [1.165, 1.54) is 11.1 Å². The van der Waals surface area contributed by atoms with E-state index in [4.69, 9.17) is 0 Å². The number of hydrogen-bond acceptors (Lipinski definition) is 0. The molecule has 0 saturated heterocycles. The largest absolute Gasteiger partial charge is 0.0986 e. The Morgan fingerprint density at radius 1 is 0.947 bits per heavy atom. The van der Waals surface area contributed by atoms with Crippen LogP contribution in [0.15, 0.2) is 42.6 Å². The van der Waals surface area contributed by atoms with Crippen LogP contribution in [0.3, 0.4) is 0 Å². The first-order valence-electron chi connectivity index (χ1n) is 7.05. The van der Waals surface area contributed by atoms with Crippen LogP contribution in [0.2, 0.25) is 39.3 Å². The fourth-order valence-electron chi connectivity index (χ4n) is 2.12. The molecular weight excluding hydrogens is 260 g/mol. The Morgan fingerprint density at radius 3 is 1.84 bits per heavy atom. The van der Waals surface area contributed by atoms with E-state index >= 15 is 0 Å². The lowest BCUT2D eigenvalue weighted by molar-refractivity contribution is 1.13. The van der Waals surface area contributed by atoms with Gasteiger partial charge in [-0.15, -0.1) is 0 Å². The van der Waals surface area contributed by atoms with Gasteiger partial charge in [-0.3, -0.25) is 0 Å². The summed E-state index contributed by atoms with van der Waals surface area (Å²) in [5.41, 5.74) is 5.77. The van der Waals surface area contributed by atoms with E-state index in [0.717, 1.165) is 0 Å². The molecule has 0 heterocycles. The maximum Gasteiger partial charge on any atom is 0.0682 e. The van der Waals surface area contributed by atoms with Crippen LogP contribution in [-0.2, 0) is 0 Å². The van der Waals surface area contributed by atoms with Gasteiger partial charge >= 0.3 is 0 Å². The highest BCUT2D eigenvalue weighted by Gasteiger charge is 2.26. The first-order chi connectivity index (χ1) is 8.63. The Kier molecular flexibility index (Phi) is 5.16. The van der Waals surface area contributed by atoms with Gasteiger partial charge in [0, 0.05) is 0 Å². The first kappa shape index (κ1) is 16.2. The molecule has 0 aliphatic rings. The van der Waals surface area contributed by atoms with Crippen LogP contribution < -0.4 is 0 Å². The minimum atomic E-state index is -1.25. The van der Waals surface area contributed by atoms with Crippen LogP contribution >= 0.6 is 0 Å². The van der Waals surface area contributed by atoms with Crippen molar-refractivity contribution in [3.8, 4) is 0 Å². The zero-order valence-corrected chi connectivity index (χ0v) is 15.3. The lowest BCUT2D eigenvalue weighted by atomic mass is 10.1. The molecule has 2 heteroatoms. The van der Waals surface area contributed by atoms with Crippen LogP contribution in [0.5, 0.6) is 0 Å². The first-order valence-corrected chi connectivity index (χ1v) is 14.2. The molecule has 0 spiro atoms. The van der Waals surface area contributed by atoms with Gasteiger partial charge in [0.25, 0.3) is 0 Å². The van der Waals surface area contributed by atoms with E-state index in [2.05, 4.69) is 81.9 Å². The summed E-state index contributed by atoms with van der Waals surface area (Å²) in [7, 11) is -2.37. The molecule has 104 valence electrons. The molecule has 0 nitrogen and oxygen atoms in total. The number of allylic oxidation sites excluding steroid dienone is 1. The molecule has 1 atom stereocenters. The fraction of sp³-hybridized carbons (Fsp3) is 0.412. The van der Waals surface area contributed by atoms with Crippen LogP contribution in [0.4, 0.5) is 0 Å². The van der Waals surface area contributed by atoms with Gasteiger partial charge in [0.2, 0.25) is 0 Å². The maximum absolute atomic E-state index is 3.82. The summed E-state index contributed by atoms with van der Waals surface area (Å²) >= 11 is 0. The summed E-state index contributed by atoms with van der Waals surface area (Å²) in [5.74, 6) is 0. The summed E-state index contributed by atoms with van der Waals surface area (Å²) in [4.78, 5) is 0. The lowest BCUT2D eigenvalue weighted by Gasteiger charge is -2.27. The van der Waals surface area contributed by atoms with Gasteiger partial charge in [0.1, 0.15) is 0 Å². The molecule has 1 aromatic carbocycles. The monoisotopic (exact) mass is 288 g/mol. The predicted molar refractivity (Wildman–Crippen MR) is 95.1 cm³/mol. The van der Waals surface area contributed by atoms with E-state index in [-0.39, 0.29) is 0 Å². The van der Waals surface area contributed by atoms with Gasteiger partial charge in [-0.25, -0.2) is 0 Å². The Balaban J connectivity index is 3.10. The van der Waals surface area contributed by atoms with E-state index in [1.807, 2.05) is 6.08 Å². The second-order valence-electron chi connectivity index (χ2n) is 7.44. The van der Waals surface area contributed by atoms with Crippen LogP contribution in [0.1, 0.15) is 16.7 Å². The van der Waals surface area contributed by atoms with E-state index in [1.54, 1.807) is 0 Å². The highest BCUT2D eigenvalue weighted by atomic mass is 28.3. The van der Waals surface area contributed by atoms with Gasteiger partial charge in [0.05, 0.1) is 16.1 Å². The van der Waals surface area contributed by atoms with Crippen molar-refractivity contribution in [3.05, 3.63) is 53.7 Å². The highest BCUT2D eigenvalue weighted by Crippen LogP contribution is 2.29. The molecule has 1 aromatic rings. The summed E-state index contributed by atoms with van der Waals surface area (Å²) < 4.78 is 0. The minimum absolute atomic E-state index is 0.609. The third-order valence-corrected chi connectivity index (χ3v) is 6.84. The third-order valence-electron chi connectivity index (χ3n) is 3.25. The van der Waals surface area contributed by atoms with Crippen molar-refractivity contribution >= 4 is 22.2 Å². The van der Waals surface area contributed by atoms with Gasteiger partial charge < -0.3 is 0 Å². The highest BCUT2D eigenvalue weighted by molar-refractivity contribution is 6.81. The molecule has 1 rings (SSSR count). The zero-order valence-electron chi connectivity index (χ0n) is 13.3. The zero-order chi connectivity index (χ0) is 14.7. The second-order valence-corrected chi connectivity index (χ2v) is 17.9. The smallest absolute Gasteiger partial charge is 0.0682 e. The molecule has 0 saturated carbocycles. The SMILES string of the molecule is C=Cc1ccc(C(/C=C/[Si](C)(C)C)[Si](C)(C)C)cc1. The molecule has 0 amide bonds. The third kappa shape index (κ3) is 5.33. The Hall–Kier alpha value is -0.866. The van der Waals surface area contributed by atoms with Crippen LogP contribution in [0, 0.1) is 0 Å². The van der Waals surface area contributed by atoms with Crippen molar-refractivity contribution in [1.82, 2.24) is 0 Å². The summed E-state index contributed by atoms with van der Waals surface area (Å²) in [6.45, 7) is 18.4. The standard InChI is InChI=1S/C17H28Si2/c1-8-15-9-11-16(12-10-15)17(19(5,6)7)13-14-18(2,3)4/h8-14,17H,1H2,2-7H3/b14-13+. The van der Waals surface area contributed by atoms with Crippen molar-refractivity contribution in [2.24, 2.45) is 0 Å². The molecule has 0 fully saturated rings. The molecule has 0 aliphatic heterocycles. The Bertz CT molecular complexity index is 442. The Labute approximate surface area is 121 Å². The quantitative estimate of drug-likeness (QED) is 0.607. The summed E-state index contributed by atoms with van der Waals surface area (Å²) in [5, 5.41) is 0. The fourth-order valence-corrected chi connectivity index (χ4v) is 4.95. The van der Waals surface area contributed by atoms with Crippen molar-refractivity contribution in [1.29, 1.82) is 0 Å². The van der Waals surface area contributed by atoms with Crippen molar-refractivity contribution in [2.75, 3.05) is 0 Å². The Morgan fingerprint density at radius 2 is 1.47 bits per heavy atom. The van der Waals surface area contributed by atoms with Crippen LogP contribution in [0.25, 0.3) is 6.08 Å². The molecular formula is C17H28Si2. The number of rotatable bonds is 5. The molecule has 0 aromatic heterocycles. The van der Waals surface area contributed by atoms with Gasteiger partial charge in [-0.05, 0) is 16.7 Å². The van der Waals surface area contributed by atoms with E-state index in [9.17, 15) is 0 Å². The minimum Gasteiger partial charge on any atom is -0.0986 e. The van der Waals surface area contributed by atoms with Crippen molar-refractivity contribution < 1.29 is 0 Å². The normalized spacial score (nSPS) is 14.6. The second kappa shape index (κ2) is 6.06. The molecule has 0 bridgehead atoms. The van der Waals surface area contributed by atoms with Gasteiger partial charge in [0.15, 0.2) is 0 Å².